The number of ether oxygens (including phenoxy) is 1. The van der Waals surface area contributed by atoms with Crippen LogP contribution >= 0.6 is 0 Å². The summed E-state index contributed by atoms with van der Waals surface area (Å²) in [6, 6.07) is 4.41. The molecule has 6 nitrogen and oxygen atoms in total. The number of hydrogen-bond donors (Lipinski definition) is 3. The third kappa shape index (κ3) is 4.02. The van der Waals surface area contributed by atoms with Gasteiger partial charge in [-0.25, -0.2) is 13.6 Å². The van der Waals surface area contributed by atoms with Crippen LogP contribution in [0.5, 0.6) is 5.75 Å². The molecule has 0 aliphatic carbocycles. The smallest absolute Gasteiger partial charge is 0.319 e. The lowest BCUT2D eigenvalue weighted by Gasteiger charge is -2.21. The van der Waals surface area contributed by atoms with Crippen LogP contribution in [0.15, 0.2) is 28.7 Å². The zero-order chi connectivity index (χ0) is 17.9. The lowest BCUT2D eigenvalue weighted by molar-refractivity contribution is 0.0364. The average Bonchev–Trinajstić information content (AvgIpc) is 2.92. The monoisotopic (exact) mass is 340 g/mol. The fourth-order valence-electron chi connectivity index (χ4n) is 2.07. The van der Waals surface area contributed by atoms with E-state index in [9.17, 15) is 18.7 Å². The predicted molar refractivity (Wildman–Crippen MR) is 82.9 cm³/mol. The molecule has 0 aliphatic rings. The van der Waals surface area contributed by atoms with Crippen molar-refractivity contribution in [2.75, 3.05) is 19.0 Å². The van der Waals surface area contributed by atoms with Crippen molar-refractivity contribution in [3.05, 3.63) is 47.4 Å². The van der Waals surface area contributed by atoms with Crippen LogP contribution in [0.25, 0.3) is 0 Å². The van der Waals surface area contributed by atoms with E-state index in [4.69, 9.17) is 4.42 Å². The highest BCUT2D eigenvalue weighted by Gasteiger charge is 2.27. The Morgan fingerprint density at radius 3 is 2.46 bits per heavy atom. The number of aliphatic hydroxyl groups is 1. The Labute approximate surface area is 137 Å². The first kappa shape index (κ1) is 17.7. The summed E-state index contributed by atoms with van der Waals surface area (Å²) in [6.07, 6.45) is 0. The third-order valence-electron chi connectivity index (χ3n) is 3.32. The number of nitrogens with one attached hydrogen (secondary N) is 2. The first-order valence-corrected chi connectivity index (χ1v) is 7.10. The van der Waals surface area contributed by atoms with E-state index in [-0.39, 0.29) is 12.2 Å². The third-order valence-corrected chi connectivity index (χ3v) is 3.32. The number of urea groups is 1. The van der Waals surface area contributed by atoms with Gasteiger partial charge in [0, 0.05) is 17.8 Å². The average molecular weight is 340 g/mol. The van der Waals surface area contributed by atoms with Gasteiger partial charge in [0.15, 0.2) is 17.4 Å². The molecule has 0 saturated heterocycles. The second kappa shape index (κ2) is 6.88. The SMILES string of the molecule is COc1c(F)cc(NC(=O)NCC(C)(O)c2ccc(C)o2)cc1F. The van der Waals surface area contributed by atoms with E-state index in [1.165, 1.54) is 6.92 Å². The topological polar surface area (TPSA) is 83.7 Å². The molecule has 24 heavy (non-hydrogen) atoms. The summed E-state index contributed by atoms with van der Waals surface area (Å²) in [5.74, 6) is -1.49. The first-order valence-electron chi connectivity index (χ1n) is 7.10. The highest BCUT2D eigenvalue weighted by atomic mass is 19.1. The second-order valence-electron chi connectivity index (χ2n) is 5.46. The number of carbonyl (C=O) groups is 1. The summed E-state index contributed by atoms with van der Waals surface area (Å²) >= 11 is 0. The van der Waals surface area contributed by atoms with Gasteiger partial charge in [-0.05, 0) is 26.0 Å². The van der Waals surface area contributed by atoms with Crippen molar-refractivity contribution >= 4 is 11.7 Å². The Morgan fingerprint density at radius 1 is 1.33 bits per heavy atom. The Kier molecular flexibility index (Phi) is 5.08. The number of furan rings is 1. The largest absolute Gasteiger partial charge is 0.491 e. The lowest BCUT2D eigenvalue weighted by atomic mass is 10.0. The van der Waals surface area contributed by atoms with E-state index in [0.29, 0.717) is 11.5 Å². The van der Waals surface area contributed by atoms with Gasteiger partial charge in [0.1, 0.15) is 17.1 Å². The van der Waals surface area contributed by atoms with Crippen molar-refractivity contribution in [3.63, 3.8) is 0 Å². The number of halogens is 2. The maximum atomic E-state index is 13.6. The molecule has 1 unspecified atom stereocenters. The number of carbonyl (C=O) groups excluding carboxylic acids is 1. The lowest BCUT2D eigenvalue weighted by Crippen LogP contribution is -2.40. The first-order chi connectivity index (χ1) is 11.2. The summed E-state index contributed by atoms with van der Waals surface area (Å²) < 4.78 is 37.0. The molecule has 0 fully saturated rings. The van der Waals surface area contributed by atoms with Crippen LogP contribution < -0.4 is 15.4 Å². The molecule has 0 saturated carbocycles. The van der Waals surface area contributed by atoms with Crippen molar-refractivity contribution in [1.29, 1.82) is 0 Å². The van der Waals surface area contributed by atoms with Crippen LogP contribution in [0.4, 0.5) is 19.3 Å². The van der Waals surface area contributed by atoms with Gasteiger partial charge < -0.3 is 24.9 Å². The Hall–Kier alpha value is -2.61. The highest BCUT2D eigenvalue weighted by molar-refractivity contribution is 5.89. The molecule has 2 rings (SSSR count). The van der Waals surface area contributed by atoms with E-state index in [1.54, 1.807) is 19.1 Å². The molecule has 8 heteroatoms. The zero-order valence-electron chi connectivity index (χ0n) is 13.4. The van der Waals surface area contributed by atoms with Gasteiger partial charge in [0.05, 0.1) is 13.7 Å². The number of hydrogen-bond acceptors (Lipinski definition) is 4. The summed E-state index contributed by atoms with van der Waals surface area (Å²) in [5, 5.41) is 15.0. The molecule has 0 aliphatic heterocycles. The summed E-state index contributed by atoms with van der Waals surface area (Å²) in [5.41, 5.74) is -1.51. The normalized spacial score (nSPS) is 13.2. The summed E-state index contributed by atoms with van der Waals surface area (Å²) in [6.45, 7) is 3.04. The molecular formula is C16H18F2N2O4. The maximum Gasteiger partial charge on any atom is 0.319 e. The van der Waals surface area contributed by atoms with E-state index in [0.717, 1.165) is 19.2 Å². The molecule has 1 aromatic heterocycles. The number of aryl methyl sites for hydroxylation is 1. The molecular weight excluding hydrogens is 322 g/mol. The standard InChI is InChI=1S/C16H18F2N2O4/c1-9-4-5-13(24-9)16(2,22)8-19-15(21)20-10-6-11(17)14(23-3)12(18)7-10/h4-7,22H,8H2,1-3H3,(H2,19,20,21). The Balaban J connectivity index is 1.99. The minimum Gasteiger partial charge on any atom is -0.491 e. The molecule has 1 heterocycles. The van der Waals surface area contributed by atoms with Gasteiger partial charge in [-0.2, -0.15) is 0 Å². The number of anilines is 1. The minimum atomic E-state index is -1.43. The van der Waals surface area contributed by atoms with Gasteiger partial charge >= 0.3 is 6.03 Å². The van der Waals surface area contributed by atoms with Crippen LogP contribution in [-0.4, -0.2) is 24.8 Å². The molecule has 0 radical (unpaired) electrons. The predicted octanol–water partition coefficient (Wildman–Crippen LogP) is 2.90. The van der Waals surface area contributed by atoms with E-state index >= 15 is 0 Å². The van der Waals surface area contributed by atoms with Crippen LogP contribution in [0.2, 0.25) is 0 Å². The molecule has 1 atom stereocenters. The van der Waals surface area contributed by atoms with Crippen LogP contribution in [0, 0.1) is 18.6 Å². The number of methoxy groups -OCH3 is 1. The Morgan fingerprint density at radius 2 is 1.96 bits per heavy atom. The van der Waals surface area contributed by atoms with Crippen molar-refractivity contribution < 1.29 is 27.8 Å². The molecule has 3 N–H and O–H groups in total. The number of benzene rings is 1. The van der Waals surface area contributed by atoms with Crippen LogP contribution in [0.3, 0.4) is 0 Å². The van der Waals surface area contributed by atoms with Crippen LogP contribution in [0.1, 0.15) is 18.4 Å². The fraction of sp³-hybridized carbons (Fsp3) is 0.312. The second-order valence-corrected chi connectivity index (χ2v) is 5.46. The van der Waals surface area contributed by atoms with Gasteiger partial charge in [-0.3, -0.25) is 0 Å². The molecule has 130 valence electrons. The van der Waals surface area contributed by atoms with Gasteiger partial charge in [0.2, 0.25) is 0 Å². The molecule has 0 bridgehead atoms. The zero-order valence-corrected chi connectivity index (χ0v) is 13.4. The molecule has 2 amide bonds. The number of amides is 2. The van der Waals surface area contributed by atoms with E-state index < -0.39 is 29.0 Å². The van der Waals surface area contributed by atoms with Crippen molar-refractivity contribution in [2.24, 2.45) is 0 Å². The Bertz CT molecular complexity index is 720. The van der Waals surface area contributed by atoms with E-state index in [2.05, 4.69) is 15.4 Å². The van der Waals surface area contributed by atoms with Crippen molar-refractivity contribution in [1.82, 2.24) is 5.32 Å². The van der Waals surface area contributed by atoms with Gasteiger partial charge in [-0.15, -0.1) is 0 Å². The maximum absolute atomic E-state index is 13.6. The van der Waals surface area contributed by atoms with E-state index in [1.807, 2.05) is 0 Å². The van der Waals surface area contributed by atoms with Crippen LogP contribution in [-0.2, 0) is 5.60 Å². The fourth-order valence-corrected chi connectivity index (χ4v) is 2.07. The quantitative estimate of drug-likeness (QED) is 0.781. The van der Waals surface area contributed by atoms with Gasteiger partial charge in [-0.1, -0.05) is 0 Å². The summed E-state index contributed by atoms with van der Waals surface area (Å²) in [4.78, 5) is 11.8. The number of rotatable bonds is 5. The van der Waals surface area contributed by atoms with Crippen molar-refractivity contribution in [2.45, 2.75) is 19.4 Å². The highest BCUT2D eigenvalue weighted by Crippen LogP contribution is 2.25. The molecule has 2 aromatic rings. The summed E-state index contributed by atoms with van der Waals surface area (Å²) in [7, 11) is 1.14. The molecule has 1 aromatic carbocycles. The van der Waals surface area contributed by atoms with Crippen molar-refractivity contribution in [3.8, 4) is 5.75 Å². The minimum absolute atomic E-state index is 0.0863. The van der Waals surface area contributed by atoms with Gasteiger partial charge in [0.25, 0.3) is 0 Å². The molecule has 0 spiro atoms.